The first-order chi connectivity index (χ1) is 10.1. The zero-order valence-corrected chi connectivity index (χ0v) is 12.9. The fourth-order valence-electron chi connectivity index (χ4n) is 2.44. The smallest absolute Gasteiger partial charge is 0.244 e. The summed E-state index contributed by atoms with van der Waals surface area (Å²) in [6, 6.07) is 19.7. The molecule has 2 aromatic rings. The predicted molar refractivity (Wildman–Crippen MR) is 85.8 cm³/mol. The monoisotopic (exact) mass is 282 g/mol. The van der Waals surface area contributed by atoms with Gasteiger partial charge in [-0.1, -0.05) is 60.7 Å². The van der Waals surface area contributed by atoms with Crippen LogP contribution in [0, 0.1) is 0 Å². The van der Waals surface area contributed by atoms with Crippen molar-refractivity contribution >= 4 is 5.91 Å². The lowest BCUT2D eigenvalue weighted by Crippen LogP contribution is -2.38. The van der Waals surface area contributed by atoms with Crippen molar-refractivity contribution in [3.05, 3.63) is 71.8 Å². The van der Waals surface area contributed by atoms with Crippen LogP contribution < -0.4 is 0 Å². The minimum Gasteiger partial charge on any atom is -0.340 e. The van der Waals surface area contributed by atoms with E-state index in [1.165, 1.54) is 0 Å². The SMILES string of the molecule is CN(Cc1ccccc1)C(=O)C(c1ccccc1)N(C)C. The maximum absolute atomic E-state index is 12.8. The maximum atomic E-state index is 12.8. The van der Waals surface area contributed by atoms with Crippen molar-refractivity contribution in [1.29, 1.82) is 0 Å². The van der Waals surface area contributed by atoms with Gasteiger partial charge in [0.25, 0.3) is 0 Å². The largest absolute Gasteiger partial charge is 0.340 e. The normalized spacial score (nSPS) is 12.2. The highest BCUT2D eigenvalue weighted by Gasteiger charge is 2.25. The molecule has 0 radical (unpaired) electrons. The summed E-state index contributed by atoms with van der Waals surface area (Å²) < 4.78 is 0. The van der Waals surface area contributed by atoms with Crippen LogP contribution in [0.25, 0.3) is 0 Å². The Labute approximate surface area is 126 Å². The van der Waals surface area contributed by atoms with E-state index in [0.29, 0.717) is 6.54 Å². The molecule has 21 heavy (non-hydrogen) atoms. The summed E-state index contributed by atoms with van der Waals surface area (Å²) in [4.78, 5) is 16.5. The number of carbonyl (C=O) groups excluding carboxylic acids is 1. The second-order valence-electron chi connectivity index (χ2n) is 5.46. The summed E-state index contributed by atoms with van der Waals surface area (Å²) in [5.41, 5.74) is 2.16. The predicted octanol–water partition coefficient (Wildman–Crippen LogP) is 2.95. The molecule has 110 valence electrons. The van der Waals surface area contributed by atoms with E-state index >= 15 is 0 Å². The molecule has 0 aliphatic heterocycles. The molecular weight excluding hydrogens is 260 g/mol. The molecule has 0 aliphatic carbocycles. The van der Waals surface area contributed by atoms with Crippen molar-refractivity contribution in [1.82, 2.24) is 9.80 Å². The van der Waals surface area contributed by atoms with Gasteiger partial charge in [0.15, 0.2) is 0 Å². The van der Waals surface area contributed by atoms with Crippen molar-refractivity contribution in [3.63, 3.8) is 0 Å². The number of hydrogen-bond acceptors (Lipinski definition) is 2. The van der Waals surface area contributed by atoms with Crippen LogP contribution in [-0.4, -0.2) is 36.9 Å². The molecule has 3 heteroatoms. The zero-order valence-electron chi connectivity index (χ0n) is 12.9. The van der Waals surface area contributed by atoms with Gasteiger partial charge in [0, 0.05) is 13.6 Å². The Morgan fingerprint density at radius 3 is 1.95 bits per heavy atom. The maximum Gasteiger partial charge on any atom is 0.244 e. The van der Waals surface area contributed by atoms with Crippen LogP contribution in [0.2, 0.25) is 0 Å². The first-order valence-electron chi connectivity index (χ1n) is 7.10. The molecule has 0 aromatic heterocycles. The van der Waals surface area contributed by atoms with Gasteiger partial charge >= 0.3 is 0 Å². The molecule has 2 aromatic carbocycles. The third-order valence-corrected chi connectivity index (χ3v) is 3.50. The second-order valence-corrected chi connectivity index (χ2v) is 5.46. The zero-order chi connectivity index (χ0) is 15.2. The molecule has 1 atom stereocenters. The molecule has 2 rings (SSSR count). The van der Waals surface area contributed by atoms with Gasteiger partial charge in [0.05, 0.1) is 0 Å². The summed E-state index contributed by atoms with van der Waals surface area (Å²) in [6.45, 7) is 0.622. The van der Waals surface area contributed by atoms with Crippen molar-refractivity contribution in [2.45, 2.75) is 12.6 Å². The van der Waals surface area contributed by atoms with Gasteiger partial charge in [-0.15, -0.1) is 0 Å². The molecule has 3 nitrogen and oxygen atoms in total. The molecule has 0 saturated carbocycles. The molecule has 0 fully saturated rings. The summed E-state index contributed by atoms with van der Waals surface area (Å²) in [5, 5.41) is 0. The fourth-order valence-corrected chi connectivity index (χ4v) is 2.44. The van der Waals surface area contributed by atoms with Gasteiger partial charge in [-0.3, -0.25) is 9.69 Å². The first kappa shape index (κ1) is 15.3. The lowest BCUT2D eigenvalue weighted by Gasteiger charge is -2.28. The molecule has 1 amide bonds. The topological polar surface area (TPSA) is 23.6 Å². The van der Waals surface area contributed by atoms with Crippen LogP contribution in [0.15, 0.2) is 60.7 Å². The minimum absolute atomic E-state index is 0.107. The molecule has 0 N–H and O–H groups in total. The minimum atomic E-state index is -0.250. The third-order valence-electron chi connectivity index (χ3n) is 3.50. The van der Waals surface area contributed by atoms with Gasteiger partial charge in [0.2, 0.25) is 5.91 Å². The Morgan fingerprint density at radius 2 is 1.43 bits per heavy atom. The van der Waals surface area contributed by atoms with Gasteiger partial charge in [-0.05, 0) is 25.2 Å². The van der Waals surface area contributed by atoms with Gasteiger partial charge in [0.1, 0.15) is 6.04 Å². The second kappa shape index (κ2) is 7.04. The van der Waals surface area contributed by atoms with Crippen LogP contribution in [0.1, 0.15) is 17.2 Å². The van der Waals surface area contributed by atoms with Crippen molar-refractivity contribution in [2.24, 2.45) is 0 Å². The molecule has 1 unspecified atom stereocenters. The number of carbonyl (C=O) groups is 1. The Kier molecular flexibility index (Phi) is 5.12. The molecule has 0 saturated heterocycles. The van der Waals surface area contributed by atoms with E-state index in [4.69, 9.17) is 0 Å². The van der Waals surface area contributed by atoms with Gasteiger partial charge < -0.3 is 4.90 Å². The van der Waals surface area contributed by atoms with E-state index in [1.54, 1.807) is 4.90 Å². The first-order valence-corrected chi connectivity index (χ1v) is 7.10. The van der Waals surface area contributed by atoms with E-state index in [-0.39, 0.29) is 11.9 Å². The molecule has 0 aliphatic rings. The van der Waals surface area contributed by atoms with Crippen LogP contribution in [0.5, 0.6) is 0 Å². The van der Waals surface area contributed by atoms with Crippen molar-refractivity contribution in [3.8, 4) is 0 Å². The standard InChI is InChI=1S/C18H22N2O/c1-19(2)17(16-12-8-5-9-13-16)18(21)20(3)14-15-10-6-4-7-11-15/h4-13,17H,14H2,1-3H3. The van der Waals surface area contributed by atoms with E-state index in [0.717, 1.165) is 11.1 Å². The summed E-state index contributed by atoms with van der Waals surface area (Å²) in [6.07, 6.45) is 0. The van der Waals surface area contributed by atoms with Crippen LogP contribution in [-0.2, 0) is 11.3 Å². The quantitative estimate of drug-likeness (QED) is 0.842. The fraction of sp³-hybridized carbons (Fsp3) is 0.278. The summed E-state index contributed by atoms with van der Waals surface area (Å²) >= 11 is 0. The number of rotatable bonds is 5. The molecular formula is C18H22N2O. The van der Waals surface area contributed by atoms with Crippen LogP contribution >= 0.6 is 0 Å². The lowest BCUT2D eigenvalue weighted by molar-refractivity contribution is -0.135. The van der Waals surface area contributed by atoms with Gasteiger partial charge in [-0.25, -0.2) is 0 Å². The van der Waals surface area contributed by atoms with Crippen LogP contribution in [0.3, 0.4) is 0 Å². The number of amides is 1. The van der Waals surface area contributed by atoms with E-state index in [2.05, 4.69) is 0 Å². The Bertz CT molecular complexity index is 566. The Balaban J connectivity index is 2.15. The highest BCUT2D eigenvalue weighted by molar-refractivity contribution is 5.83. The highest BCUT2D eigenvalue weighted by atomic mass is 16.2. The Hall–Kier alpha value is -2.13. The Morgan fingerprint density at radius 1 is 0.905 bits per heavy atom. The number of likely N-dealkylation sites (N-methyl/N-ethyl adjacent to an activating group) is 2. The summed E-state index contributed by atoms with van der Waals surface area (Å²) in [5.74, 6) is 0.107. The molecule has 0 bridgehead atoms. The van der Waals surface area contributed by atoms with Crippen molar-refractivity contribution < 1.29 is 4.79 Å². The third kappa shape index (κ3) is 3.92. The number of nitrogens with zero attached hydrogens (tertiary/aromatic N) is 2. The summed E-state index contributed by atoms with van der Waals surface area (Å²) in [7, 11) is 5.73. The van der Waals surface area contributed by atoms with E-state index in [9.17, 15) is 4.79 Å². The number of benzene rings is 2. The molecule has 0 spiro atoms. The molecule has 0 heterocycles. The average Bonchev–Trinajstić information content (AvgIpc) is 2.49. The van der Waals surface area contributed by atoms with E-state index in [1.807, 2.05) is 86.7 Å². The average molecular weight is 282 g/mol. The van der Waals surface area contributed by atoms with Crippen LogP contribution in [0.4, 0.5) is 0 Å². The van der Waals surface area contributed by atoms with Crippen molar-refractivity contribution in [2.75, 3.05) is 21.1 Å². The van der Waals surface area contributed by atoms with E-state index < -0.39 is 0 Å². The van der Waals surface area contributed by atoms with Gasteiger partial charge in [-0.2, -0.15) is 0 Å². The highest BCUT2D eigenvalue weighted by Crippen LogP contribution is 2.21. The lowest BCUT2D eigenvalue weighted by atomic mass is 10.0. The number of hydrogen-bond donors (Lipinski definition) is 0.